The molecular formula is C6H4F2IN3O4S. The molecule has 0 aliphatic heterocycles. The lowest BCUT2D eigenvalue weighted by Crippen LogP contribution is -2.16. The first-order chi connectivity index (χ1) is 7.64. The van der Waals surface area contributed by atoms with Gasteiger partial charge in [-0.25, -0.2) is 22.3 Å². The van der Waals surface area contributed by atoms with Crippen LogP contribution in [0.2, 0.25) is 0 Å². The van der Waals surface area contributed by atoms with Gasteiger partial charge < -0.3 is 10.1 Å². The normalized spacial score (nSPS) is 11.8. The van der Waals surface area contributed by atoms with Crippen molar-refractivity contribution in [1.29, 1.82) is 0 Å². The Morgan fingerprint density at radius 3 is 2.41 bits per heavy atom. The number of nitrogens with zero attached hydrogens (tertiary/aromatic N) is 2. The molecule has 0 spiro atoms. The SMILES string of the molecule is NS(=O)(=O)c1cc(C(F)F)c([N+](=O)[O-])nc1I. The molecule has 94 valence electrons. The Kier molecular flexibility index (Phi) is 3.93. The summed E-state index contributed by atoms with van der Waals surface area (Å²) in [4.78, 5) is 11.9. The Morgan fingerprint density at radius 2 is 2.06 bits per heavy atom. The zero-order chi connectivity index (χ0) is 13.4. The van der Waals surface area contributed by atoms with Gasteiger partial charge in [0, 0.05) is 22.6 Å². The average Bonchev–Trinajstić information content (AvgIpc) is 2.14. The Labute approximate surface area is 107 Å². The minimum Gasteiger partial charge on any atom is -0.358 e. The number of halogens is 3. The summed E-state index contributed by atoms with van der Waals surface area (Å²) in [5.74, 6) is -1.09. The first-order valence-corrected chi connectivity index (χ1v) is 6.43. The third-order valence-electron chi connectivity index (χ3n) is 1.67. The van der Waals surface area contributed by atoms with Gasteiger partial charge in [-0.05, 0) is 16.0 Å². The van der Waals surface area contributed by atoms with Gasteiger partial charge in [-0.3, -0.25) is 0 Å². The van der Waals surface area contributed by atoms with Crippen LogP contribution in [0.3, 0.4) is 0 Å². The maximum absolute atomic E-state index is 12.5. The van der Waals surface area contributed by atoms with Gasteiger partial charge in [-0.2, -0.15) is 0 Å². The van der Waals surface area contributed by atoms with E-state index < -0.39 is 37.6 Å². The van der Waals surface area contributed by atoms with Crippen LogP contribution in [-0.4, -0.2) is 18.3 Å². The summed E-state index contributed by atoms with van der Waals surface area (Å²) in [6, 6.07) is 0.465. The summed E-state index contributed by atoms with van der Waals surface area (Å²) in [6.07, 6.45) is -3.22. The lowest BCUT2D eigenvalue weighted by molar-refractivity contribution is -0.391. The summed E-state index contributed by atoms with van der Waals surface area (Å²) in [5, 5.41) is 15.2. The Balaban J connectivity index is 3.63. The first-order valence-electron chi connectivity index (χ1n) is 3.80. The fourth-order valence-electron chi connectivity index (χ4n) is 0.984. The van der Waals surface area contributed by atoms with Crippen molar-refractivity contribution >= 4 is 38.4 Å². The molecule has 0 aliphatic rings. The molecule has 1 heterocycles. The van der Waals surface area contributed by atoms with E-state index in [0.717, 1.165) is 0 Å². The molecule has 0 aromatic carbocycles. The fourth-order valence-corrected chi connectivity index (χ4v) is 2.86. The molecule has 0 saturated carbocycles. The second-order valence-corrected chi connectivity index (χ2v) is 5.34. The smallest absolute Gasteiger partial charge is 0.358 e. The van der Waals surface area contributed by atoms with Gasteiger partial charge in [0.15, 0.2) is 0 Å². The lowest BCUT2D eigenvalue weighted by atomic mass is 10.3. The molecule has 17 heavy (non-hydrogen) atoms. The van der Waals surface area contributed by atoms with Crippen molar-refractivity contribution in [3.63, 3.8) is 0 Å². The number of alkyl halides is 2. The van der Waals surface area contributed by atoms with Crippen LogP contribution in [0.5, 0.6) is 0 Å². The average molecular weight is 379 g/mol. The van der Waals surface area contributed by atoms with Gasteiger partial charge in [0.2, 0.25) is 13.7 Å². The molecule has 1 aromatic rings. The van der Waals surface area contributed by atoms with Gasteiger partial charge in [-0.1, -0.05) is 0 Å². The zero-order valence-corrected chi connectivity index (χ0v) is 10.8. The zero-order valence-electron chi connectivity index (χ0n) is 7.80. The minimum absolute atomic E-state index is 0.332. The van der Waals surface area contributed by atoms with Crippen LogP contribution in [0.15, 0.2) is 11.0 Å². The summed E-state index contributed by atoms with van der Waals surface area (Å²) >= 11 is 1.37. The number of aromatic nitrogens is 1. The molecule has 0 atom stereocenters. The maximum Gasteiger partial charge on any atom is 0.373 e. The third kappa shape index (κ3) is 3.04. The van der Waals surface area contributed by atoms with Crippen molar-refractivity contribution in [2.45, 2.75) is 11.3 Å². The van der Waals surface area contributed by atoms with Crippen molar-refractivity contribution in [2.24, 2.45) is 5.14 Å². The summed E-state index contributed by atoms with van der Waals surface area (Å²) < 4.78 is 46.7. The van der Waals surface area contributed by atoms with E-state index in [1.165, 1.54) is 22.6 Å². The Hall–Kier alpha value is -0.950. The molecule has 0 amide bonds. The van der Waals surface area contributed by atoms with E-state index in [1.807, 2.05) is 0 Å². The van der Waals surface area contributed by atoms with E-state index in [0.29, 0.717) is 6.07 Å². The largest absolute Gasteiger partial charge is 0.373 e. The lowest BCUT2D eigenvalue weighted by Gasteiger charge is -2.04. The second kappa shape index (κ2) is 4.73. The molecule has 0 bridgehead atoms. The van der Waals surface area contributed by atoms with E-state index in [9.17, 15) is 27.3 Å². The Bertz CT molecular complexity index is 577. The molecule has 1 rings (SSSR count). The van der Waals surface area contributed by atoms with Crippen LogP contribution in [0.4, 0.5) is 14.6 Å². The molecule has 0 fully saturated rings. The number of sulfonamides is 1. The van der Waals surface area contributed by atoms with Crippen LogP contribution in [0, 0.1) is 13.8 Å². The fraction of sp³-hybridized carbons (Fsp3) is 0.167. The second-order valence-electron chi connectivity index (χ2n) is 2.79. The highest BCUT2D eigenvalue weighted by Crippen LogP contribution is 2.30. The standard InChI is InChI=1S/C6H4F2IN3O4S/c7-4(8)2-1-3(17(10,15)16)5(9)11-6(2)12(13)14/h1,4H,(H2,10,15,16). The summed E-state index contributed by atoms with van der Waals surface area (Å²) in [6.45, 7) is 0. The molecule has 0 unspecified atom stereocenters. The third-order valence-corrected chi connectivity index (χ3v) is 3.78. The maximum atomic E-state index is 12.5. The van der Waals surface area contributed by atoms with Crippen LogP contribution in [-0.2, 0) is 10.0 Å². The summed E-state index contributed by atoms with van der Waals surface area (Å²) in [5.41, 5.74) is -1.08. The number of rotatable bonds is 3. The highest BCUT2D eigenvalue weighted by atomic mass is 127. The van der Waals surface area contributed by atoms with Gasteiger partial charge in [0.25, 0.3) is 6.43 Å². The molecule has 11 heteroatoms. The molecule has 2 N–H and O–H groups in total. The highest BCUT2D eigenvalue weighted by Gasteiger charge is 2.29. The van der Waals surface area contributed by atoms with E-state index in [4.69, 9.17) is 5.14 Å². The van der Waals surface area contributed by atoms with E-state index in [1.54, 1.807) is 0 Å². The first kappa shape index (κ1) is 14.1. The van der Waals surface area contributed by atoms with E-state index in [-0.39, 0.29) is 3.70 Å². The molecule has 1 aromatic heterocycles. The molecule has 7 nitrogen and oxygen atoms in total. The van der Waals surface area contributed by atoms with Crippen LogP contribution >= 0.6 is 22.6 Å². The van der Waals surface area contributed by atoms with Gasteiger partial charge >= 0.3 is 5.82 Å². The molecular weight excluding hydrogens is 375 g/mol. The monoisotopic (exact) mass is 379 g/mol. The van der Waals surface area contributed by atoms with Gasteiger partial charge in [-0.15, -0.1) is 0 Å². The molecule has 0 radical (unpaired) electrons. The topological polar surface area (TPSA) is 116 Å². The Morgan fingerprint density at radius 1 is 1.53 bits per heavy atom. The van der Waals surface area contributed by atoms with Crippen molar-refractivity contribution in [2.75, 3.05) is 0 Å². The van der Waals surface area contributed by atoms with Gasteiger partial charge in [0.1, 0.15) is 10.5 Å². The number of nitro groups is 1. The summed E-state index contributed by atoms with van der Waals surface area (Å²) in [7, 11) is -4.26. The van der Waals surface area contributed by atoms with E-state index in [2.05, 4.69) is 4.98 Å². The van der Waals surface area contributed by atoms with Crippen molar-refractivity contribution in [3.8, 4) is 0 Å². The number of hydrogen-bond acceptors (Lipinski definition) is 5. The number of primary sulfonamides is 1. The predicted molar refractivity (Wildman–Crippen MR) is 59.9 cm³/mol. The number of nitrogens with two attached hydrogens (primary N) is 1. The number of pyridine rings is 1. The van der Waals surface area contributed by atoms with Crippen molar-refractivity contribution in [3.05, 3.63) is 25.4 Å². The van der Waals surface area contributed by atoms with Gasteiger partial charge in [0.05, 0.1) is 0 Å². The molecule has 0 saturated heterocycles. The van der Waals surface area contributed by atoms with Crippen LogP contribution in [0.25, 0.3) is 0 Å². The van der Waals surface area contributed by atoms with Crippen molar-refractivity contribution < 1.29 is 22.1 Å². The van der Waals surface area contributed by atoms with Crippen LogP contribution in [0.1, 0.15) is 12.0 Å². The number of hydrogen-bond donors (Lipinski definition) is 1. The quantitative estimate of drug-likeness (QED) is 0.366. The van der Waals surface area contributed by atoms with E-state index >= 15 is 0 Å². The van der Waals surface area contributed by atoms with Crippen LogP contribution < -0.4 is 5.14 Å². The predicted octanol–water partition coefficient (Wildman–Crippen LogP) is 1.18. The van der Waals surface area contributed by atoms with Crippen molar-refractivity contribution in [1.82, 2.24) is 4.98 Å². The molecule has 0 aliphatic carbocycles. The highest BCUT2D eigenvalue weighted by molar-refractivity contribution is 14.1. The minimum atomic E-state index is -4.26.